The number of furan rings is 1. The van der Waals surface area contributed by atoms with E-state index in [0.29, 0.717) is 22.5 Å². The highest BCUT2D eigenvalue weighted by Crippen LogP contribution is 2.30. The number of hydrogen-bond acceptors (Lipinski definition) is 5. The zero-order valence-corrected chi connectivity index (χ0v) is 13.8. The standard InChI is InChI=1S/C18H15FN4O3/c1-11(24)20-9-16(25)22-15-8-21-17(12-2-4-14(19)5-3-12)18(23-15)13-6-7-26-10-13/h2-8,10H,9H2,1H3,(H,20,24)(H,22,23,25). The molecule has 0 bridgehead atoms. The lowest BCUT2D eigenvalue weighted by Crippen LogP contribution is -2.31. The summed E-state index contributed by atoms with van der Waals surface area (Å²) in [5.41, 5.74) is 2.33. The summed E-state index contributed by atoms with van der Waals surface area (Å²) in [5.74, 6) is -0.866. The highest BCUT2D eigenvalue weighted by Gasteiger charge is 2.14. The van der Waals surface area contributed by atoms with E-state index in [1.54, 1.807) is 18.2 Å². The van der Waals surface area contributed by atoms with Crippen LogP contribution in [0.25, 0.3) is 22.5 Å². The van der Waals surface area contributed by atoms with Gasteiger partial charge in [0.2, 0.25) is 11.8 Å². The number of carbonyl (C=O) groups is 2. The fourth-order valence-electron chi connectivity index (χ4n) is 2.26. The van der Waals surface area contributed by atoms with E-state index >= 15 is 0 Å². The molecule has 3 aromatic rings. The molecule has 7 nitrogen and oxygen atoms in total. The Labute approximate surface area is 148 Å². The quantitative estimate of drug-likeness (QED) is 0.734. The lowest BCUT2D eigenvalue weighted by Gasteiger charge is -2.10. The monoisotopic (exact) mass is 354 g/mol. The number of nitrogens with one attached hydrogen (secondary N) is 2. The average molecular weight is 354 g/mol. The maximum atomic E-state index is 13.2. The Morgan fingerprint density at radius 1 is 1.12 bits per heavy atom. The van der Waals surface area contributed by atoms with Gasteiger partial charge in [-0.1, -0.05) is 0 Å². The van der Waals surface area contributed by atoms with Gasteiger partial charge in [0.25, 0.3) is 0 Å². The smallest absolute Gasteiger partial charge is 0.244 e. The number of amides is 2. The van der Waals surface area contributed by atoms with Crippen molar-refractivity contribution in [3.63, 3.8) is 0 Å². The van der Waals surface area contributed by atoms with Crippen LogP contribution in [0.4, 0.5) is 10.2 Å². The second-order valence-corrected chi connectivity index (χ2v) is 5.43. The summed E-state index contributed by atoms with van der Waals surface area (Å²) in [4.78, 5) is 31.5. The van der Waals surface area contributed by atoms with Gasteiger partial charge in [-0.2, -0.15) is 0 Å². The molecule has 2 aromatic heterocycles. The van der Waals surface area contributed by atoms with Gasteiger partial charge in [-0.05, 0) is 30.3 Å². The van der Waals surface area contributed by atoms with Crippen LogP contribution in [-0.4, -0.2) is 28.3 Å². The topological polar surface area (TPSA) is 97.1 Å². The summed E-state index contributed by atoms with van der Waals surface area (Å²) in [5, 5.41) is 4.97. The van der Waals surface area contributed by atoms with E-state index in [-0.39, 0.29) is 24.1 Å². The van der Waals surface area contributed by atoms with Crippen LogP contribution in [-0.2, 0) is 9.59 Å². The average Bonchev–Trinajstić information content (AvgIpc) is 3.15. The van der Waals surface area contributed by atoms with E-state index in [2.05, 4.69) is 20.6 Å². The van der Waals surface area contributed by atoms with Gasteiger partial charge in [0, 0.05) is 18.1 Å². The fourth-order valence-corrected chi connectivity index (χ4v) is 2.26. The molecule has 3 rings (SSSR count). The molecule has 132 valence electrons. The van der Waals surface area contributed by atoms with E-state index < -0.39 is 5.91 Å². The van der Waals surface area contributed by atoms with Crippen LogP contribution in [0, 0.1) is 5.82 Å². The Morgan fingerprint density at radius 2 is 1.88 bits per heavy atom. The molecule has 0 saturated carbocycles. The van der Waals surface area contributed by atoms with Crippen LogP contribution in [0.3, 0.4) is 0 Å². The zero-order valence-electron chi connectivity index (χ0n) is 13.8. The minimum Gasteiger partial charge on any atom is -0.472 e. The molecule has 0 spiro atoms. The Kier molecular flexibility index (Phi) is 5.02. The van der Waals surface area contributed by atoms with Crippen molar-refractivity contribution in [3.05, 3.63) is 54.9 Å². The van der Waals surface area contributed by atoms with Crippen molar-refractivity contribution in [2.75, 3.05) is 11.9 Å². The predicted octanol–water partition coefficient (Wildman–Crippen LogP) is 2.62. The highest BCUT2D eigenvalue weighted by molar-refractivity contribution is 5.94. The summed E-state index contributed by atoms with van der Waals surface area (Å²) in [6.07, 6.45) is 4.39. The molecule has 0 unspecified atom stereocenters. The van der Waals surface area contributed by atoms with E-state index in [4.69, 9.17) is 4.42 Å². The van der Waals surface area contributed by atoms with E-state index in [1.807, 2.05) is 0 Å². The number of hydrogen-bond donors (Lipinski definition) is 2. The van der Waals surface area contributed by atoms with Crippen LogP contribution < -0.4 is 10.6 Å². The first-order valence-corrected chi connectivity index (χ1v) is 7.73. The van der Waals surface area contributed by atoms with Gasteiger partial charge in [-0.3, -0.25) is 14.6 Å². The third-order valence-electron chi connectivity index (χ3n) is 3.45. The van der Waals surface area contributed by atoms with E-state index in [9.17, 15) is 14.0 Å². The summed E-state index contributed by atoms with van der Waals surface area (Å²) in [6.45, 7) is 1.15. The summed E-state index contributed by atoms with van der Waals surface area (Å²) >= 11 is 0. The van der Waals surface area contributed by atoms with Crippen molar-refractivity contribution >= 4 is 17.6 Å². The molecule has 1 aromatic carbocycles. The van der Waals surface area contributed by atoms with Gasteiger partial charge in [-0.15, -0.1) is 0 Å². The zero-order chi connectivity index (χ0) is 18.5. The number of aromatic nitrogens is 2. The van der Waals surface area contributed by atoms with E-state index in [1.165, 1.54) is 37.8 Å². The molecule has 0 aliphatic rings. The van der Waals surface area contributed by atoms with Crippen molar-refractivity contribution in [2.45, 2.75) is 6.92 Å². The van der Waals surface area contributed by atoms with Gasteiger partial charge >= 0.3 is 0 Å². The van der Waals surface area contributed by atoms with Crippen molar-refractivity contribution < 1.29 is 18.4 Å². The number of rotatable bonds is 5. The summed E-state index contributed by atoms with van der Waals surface area (Å²) < 4.78 is 18.3. The van der Waals surface area contributed by atoms with Gasteiger partial charge in [-0.25, -0.2) is 9.37 Å². The lowest BCUT2D eigenvalue weighted by atomic mass is 10.1. The normalized spacial score (nSPS) is 10.4. The number of anilines is 1. The molecule has 2 heterocycles. The van der Waals surface area contributed by atoms with Gasteiger partial charge in [0.15, 0.2) is 5.82 Å². The van der Waals surface area contributed by atoms with Gasteiger partial charge in [0.1, 0.15) is 11.5 Å². The molecule has 2 N–H and O–H groups in total. The van der Waals surface area contributed by atoms with Crippen LogP contribution >= 0.6 is 0 Å². The maximum absolute atomic E-state index is 13.2. The molecule has 0 aliphatic carbocycles. The molecule has 0 radical (unpaired) electrons. The first-order valence-electron chi connectivity index (χ1n) is 7.73. The third kappa shape index (κ3) is 4.10. The summed E-state index contributed by atoms with van der Waals surface area (Å²) in [6, 6.07) is 7.56. The molecule has 0 aliphatic heterocycles. The van der Waals surface area contributed by atoms with E-state index in [0.717, 1.165) is 0 Å². The first kappa shape index (κ1) is 17.3. The van der Waals surface area contributed by atoms with Crippen molar-refractivity contribution in [2.24, 2.45) is 0 Å². The van der Waals surface area contributed by atoms with Gasteiger partial charge in [0.05, 0.1) is 31.0 Å². The van der Waals surface area contributed by atoms with Gasteiger partial charge < -0.3 is 15.1 Å². The molecule has 0 saturated heterocycles. The van der Waals surface area contributed by atoms with Crippen LogP contribution in [0.5, 0.6) is 0 Å². The highest BCUT2D eigenvalue weighted by atomic mass is 19.1. The van der Waals surface area contributed by atoms with Crippen molar-refractivity contribution in [1.29, 1.82) is 0 Å². The molecule has 0 fully saturated rings. The summed E-state index contributed by atoms with van der Waals surface area (Å²) in [7, 11) is 0. The Bertz CT molecular complexity index is 924. The largest absolute Gasteiger partial charge is 0.472 e. The minimum absolute atomic E-state index is 0.169. The van der Waals surface area contributed by atoms with Crippen LogP contribution in [0.1, 0.15) is 6.92 Å². The number of carbonyl (C=O) groups excluding carboxylic acids is 2. The van der Waals surface area contributed by atoms with Crippen LogP contribution in [0.2, 0.25) is 0 Å². The lowest BCUT2D eigenvalue weighted by molar-refractivity contribution is -0.122. The second kappa shape index (κ2) is 7.56. The molecule has 2 amide bonds. The molecular weight excluding hydrogens is 339 g/mol. The first-order chi connectivity index (χ1) is 12.5. The Balaban J connectivity index is 1.93. The molecule has 26 heavy (non-hydrogen) atoms. The second-order valence-electron chi connectivity index (χ2n) is 5.43. The Morgan fingerprint density at radius 3 is 2.54 bits per heavy atom. The maximum Gasteiger partial charge on any atom is 0.244 e. The predicted molar refractivity (Wildman–Crippen MR) is 92.4 cm³/mol. The minimum atomic E-state index is -0.429. The number of benzene rings is 1. The van der Waals surface area contributed by atoms with Crippen molar-refractivity contribution in [3.8, 4) is 22.5 Å². The SMILES string of the molecule is CC(=O)NCC(=O)Nc1cnc(-c2ccc(F)cc2)c(-c2ccoc2)n1. The Hall–Kier alpha value is -3.55. The van der Waals surface area contributed by atoms with Crippen molar-refractivity contribution in [1.82, 2.24) is 15.3 Å². The number of nitrogens with zero attached hydrogens (tertiary/aromatic N) is 2. The van der Waals surface area contributed by atoms with Crippen LogP contribution in [0.15, 0.2) is 53.5 Å². The number of halogens is 1. The third-order valence-corrected chi connectivity index (χ3v) is 3.45. The molecule has 8 heteroatoms. The molecule has 0 atom stereocenters. The molecular formula is C18H15FN4O3. The fraction of sp³-hybridized carbons (Fsp3) is 0.111.